The van der Waals surface area contributed by atoms with Crippen molar-refractivity contribution in [2.75, 3.05) is 19.6 Å². The van der Waals surface area contributed by atoms with Crippen LogP contribution in [-0.2, 0) is 0 Å². The summed E-state index contributed by atoms with van der Waals surface area (Å²) >= 11 is 0. The molecule has 2 fully saturated rings. The second kappa shape index (κ2) is 8.54. The van der Waals surface area contributed by atoms with E-state index in [1.165, 1.54) is 50.9 Å². The fraction of sp³-hybridized carbons (Fsp3) is 0.667. The fourth-order valence-electron chi connectivity index (χ4n) is 3.99. The predicted octanol–water partition coefficient (Wildman–Crippen LogP) is 4.24. The van der Waals surface area contributed by atoms with Gasteiger partial charge < -0.3 is 5.32 Å². The van der Waals surface area contributed by atoms with Crippen LogP contribution in [0.5, 0.6) is 0 Å². The van der Waals surface area contributed by atoms with Gasteiger partial charge in [-0.3, -0.25) is 4.90 Å². The summed E-state index contributed by atoms with van der Waals surface area (Å²) in [7, 11) is 0. The topological polar surface area (TPSA) is 15.3 Å². The number of nitrogens with zero attached hydrogens (tertiary/aromatic N) is 1. The third-order valence-corrected chi connectivity index (χ3v) is 5.07. The minimum absolute atomic E-state index is 0. The molecule has 0 bridgehead atoms. The normalized spacial score (nSPS) is 28.3. The number of likely N-dealkylation sites (tertiary alicyclic amines) is 1. The van der Waals surface area contributed by atoms with Crippen LogP contribution in [0.3, 0.4) is 0 Å². The second-order valence-electron chi connectivity index (χ2n) is 7.20. The van der Waals surface area contributed by atoms with Crippen molar-refractivity contribution in [3.8, 4) is 0 Å². The Labute approximate surface area is 147 Å². The van der Waals surface area contributed by atoms with Crippen LogP contribution in [0.1, 0.15) is 51.0 Å². The molecule has 2 heterocycles. The van der Waals surface area contributed by atoms with Gasteiger partial charge in [0.25, 0.3) is 0 Å². The first kappa shape index (κ1) is 19.8. The van der Waals surface area contributed by atoms with Crippen molar-refractivity contribution in [2.45, 2.75) is 57.0 Å². The Balaban J connectivity index is 0.00000121. The van der Waals surface area contributed by atoms with Gasteiger partial charge in [-0.15, -0.1) is 24.8 Å². The van der Waals surface area contributed by atoms with Gasteiger partial charge >= 0.3 is 0 Å². The van der Waals surface area contributed by atoms with E-state index in [9.17, 15) is 0 Å². The maximum atomic E-state index is 3.64. The number of hydrogen-bond acceptors (Lipinski definition) is 2. The van der Waals surface area contributed by atoms with E-state index in [1.807, 2.05) is 0 Å². The van der Waals surface area contributed by atoms with Gasteiger partial charge in [0.05, 0.1) is 0 Å². The average molecular weight is 345 g/mol. The van der Waals surface area contributed by atoms with Crippen molar-refractivity contribution >= 4 is 24.8 Å². The van der Waals surface area contributed by atoms with E-state index in [0.29, 0.717) is 5.54 Å². The molecule has 2 aliphatic rings. The van der Waals surface area contributed by atoms with Crippen molar-refractivity contribution in [2.24, 2.45) is 0 Å². The van der Waals surface area contributed by atoms with Gasteiger partial charge in [-0.2, -0.15) is 0 Å². The number of rotatable bonds is 2. The van der Waals surface area contributed by atoms with Gasteiger partial charge in [0.2, 0.25) is 0 Å². The van der Waals surface area contributed by atoms with Gasteiger partial charge in [0.1, 0.15) is 0 Å². The Hall–Kier alpha value is -0.280. The molecule has 0 spiro atoms. The van der Waals surface area contributed by atoms with Gasteiger partial charge in [0, 0.05) is 18.1 Å². The first-order valence-corrected chi connectivity index (χ1v) is 8.18. The maximum absolute atomic E-state index is 3.64. The lowest BCUT2D eigenvalue weighted by atomic mass is 9.85. The molecule has 0 aromatic heterocycles. The first-order valence-electron chi connectivity index (χ1n) is 8.18. The molecule has 2 unspecified atom stereocenters. The fourth-order valence-corrected chi connectivity index (χ4v) is 3.99. The molecule has 0 saturated carbocycles. The van der Waals surface area contributed by atoms with Crippen molar-refractivity contribution in [3.05, 3.63) is 35.9 Å². The summed E-state index contributed by atoms with van der Waals surface area (Å²) < 4.78 is 0. The summed E-state index contributed by atoms with van der Waals surface area (Å²) in [6, 6.07) is 11.9. The van der Waals surface area contributed by atoms with E-state index in [2.05, 4.69) is 54.4 Å². The number of nitrogens with one attached hydrogen (secondary N) is 1. The zero-order valence-corrected chi connectivity index (χ0v) is 15.4. The van der Waals surface area contributed by atoms with Crippen LogP contribution >= 0.6 is 24.8 Å². The van der Waals surface area contributed by atoms with E-state index < -0.39 is 0 Å². The Bertz CT molecular complexity index is 436. The molecule has 3 rings (SSSR count). The van der Waals surface area contributed by atoms with Crippen LogP contribution in [0.25, 0.3) is 0 Å². The predicted molar refractivity (Wildman–Crippen MR) is 99.6 cm³/mol. The zero-order chi connectivity index (χ0) is 14.0. The molecule has 0 aliphatic carbocycles. The van der Waals surface area contributed by atoms with E-state index in [4.69, 9.17) is 0 Å². The zero-order valence-electron chi connectivity index (χ0n) is 13.8. The Kier molecular flexibility index (Phi) is 7.67. The van der Waals surface area contributed by atoms with E-state index in [1.54, 1.807) is 0 Å². The van der Waals surface area contributed by atoms with E-state index >= 15 is 0 Å². The number of benzene rings is 1. The number of piperidine rings is 2. The third-order valence-electron chi connectivity index (χ3n) is 5.07. The monoisotopic (exact) mass is 344 g/mol. The largest absolute Gasteiger partial charge is 0.312 e. The van der Waals surface area contributed by atoms with Crippen LogP contribution in [0.4, 0.5) is 0 Å². The lowest BCUT2D eigenvalue weighted by Crippen LogP contribution is -2.54. The average Bonchev–Trinajstić information content (AvgIpc) is 2.47. The molecule has 0 radical (unpaired) electrons. The molecule has 2 atom stereocenters. The van der Waals surface area contributed by atoms with Crippen LogP contribution < -0.4 is 5.32 Å². The molecule has 2 nitrogen and oxygen atoms in total. The molecular formula is C18H30Cl2N2. The summed E-state index contributed by atoms with van der Waals surface area (Å²) in [6.07, 6.45) is 5.30. The Morgan fingerprint density at radius 3 is 2.50 bits per heavy atom. The molecule has 1 N–H and O–H groups in total. The molecule has 4 heteroatoms. The third kappa shape index (κ3) is 4.86. The number of hydrogen-bond donors (Lipinski definition) is 1. The van der Waals surface area contributed by atoms with Gasteiger partial charge in [-0.1, -0.05) is 30.3 Å². The quantitative estimate of drug-likeness (QED) is 0.862. The maximum Gasteiger partial charge on any atom is 0.0140 e. The molecule has 22 heavy (non-hydrogen) atoms. The lowest BCUT2D eigenvalue weighted by Gasteiger charge is -2.45. The van der Waals surface area contributed by atoms with Crippen LogP contribution in [0, 0.1) is 0 Å². The summed E-state index contributed by atoms with van der Waals surface area (Å²) in [6.45, 7) is 8.41. The van der Waals surface area contributed by atoms with E-state index in [-0.39, 0.29) is 24.8 Å². The molecule has 2 aliphatic heterocycles. The minimum atomic E-state index is 0. The molecule has 1 aromatic rings. The van der Waals surface area contributed by atoms with Crippen molar-refractivity contribution < 1.29 is 0 Å². The molecular weight excluding hydrogens is 315 g/mol. The standard InChI is InChI=1S/C18H28N2.2ClH/c1-18(2)13-17(10-11-19-18)20-12-6-9-16(14-20)15-7-4-3-5-8-15;;/h3-5,7-8,16-17,19H,6,9-14H2,1-2H3;2*1H. The Morgan fingerprint density at radius 1 is 1.09 bits per heavy atom. The summed E-state index contributed by atoms with van der Waals surface area (Å²) in [4.78, 5) is 2.77. The highest BCUT2D eigenvalue weighted by molar-refractivity contribution is 5.85. The highest BCUT2D eigenvalue weighted by Gasteiger charge is 2.33. The summed E-state index contributed by atoms with van der Waals surface area (Å²) in [5.41, 5.74) is 1.84. The van der Waals surface area contributed by atoms with Crippen molar-refractivity contribution in [3.63, 3.8) is 0 Å². The molecule has 2 saturated heterocycles. The molecule has 126 valence electrons. The SMILES string of the molecule is CC1(C)CC(N2CCCC(c3ccccc3)C2)CCN1.Cl.Cl. The van der Waals surface area contributed by atoms with Gasteiger partial charge in [-0.25, -0.2) is 0 Å². The van der Waals surface area contributed by atoms with E-state index in [0.717, 1.165) is 12.0 Å². The minimum Gasteiger partial charge on any atom is -0.312 e. The smallest absolute Gasteiger partial charge is 0.0140 e. The lowest BCUT2D eigenvalue weighted by molar-refractivity contribution is 0.0916. The number of halogens is 2. The van der Waals surface area contributed by atoms with Crippen LogP contribution in [0.2, 0.25) is 0 Å². The van der Waals surface area contributed by atoms with Gasteiger partial charge in [-0.05, 0) is 64.1 Å². The molecule has 0 amide bonds. The summed E-state index contributed by atoms with van der Waals surface area (Å²) in [5, 5.41) is 3.64. The molecule has 1 aromatic carbocycles. The Morgan fingerprint density at radius 2 is 1.82 bits per heavy atom. The van der Waals surface area contributed by atoms with Gasteiger partial charge in [0.15, 0.2) is 0 Å². The highest BCUT2D eigenvalue weighted by Crippen LogP contribution is 2.31. The van der Waals surface area contributed by atoms with Crippen molar-refractivity contribution in [1.82, 2.24) is 10.2 Å². The summed E-state index contributed by atoms with van der Waals surface area (Å²) in [5.74, 6) is 0.739. The highest BCUT2D eigenvalue weighted by atomic mass is 35.5. The second-order valence-corrected chi connectivity index (χ2v) is 7.20. The van der Waals surface area contributed by atoms with Crippen LogP contribution in [0.15, 0.2) is 30.3 Å². The van der Waals surface area contributed by atoms with Crippen LogP contribution in [-0.4, -0.2) is 36.1 Å². The van der Waals surface area contributed by atoms with Crippen molar-refractivity contribution in [1.29, 1.82) is 0 Å². The first-order chi connectivity index (χ1) is 9.64.